The maximum atomic E-state index is 6.77. The number of unbranched alkanes of at least 4 members (excludes halogenated alkanes) is 4. The molecule has 0 amide bonds. The molecule has 0 aliphatic rings. The van der Waals surface area contributed by atoms with Crippen LogP contribution in [0, 0.1) is 0 Å². The van der Waals surface area contributed by atoms with E-state index in [1.807, 2.05) is 6.55 Å². The monoisotopic (exact) mass is 436 g/mol. The van der Waals surface area contributed by atoms with E-state index >= 15 is 0 Å². The minimum absolute atomic E-state index is 0.245. The Kier molecular flexibility index (Phi) is 15.2. The van der Waals surface area contributed by atoms with Crippen LogP contribution >= 0.6 is 0 Å². The summed E-state index contributed by atoms with van der Waals surface area (Å²) in [6, 6.07) is 0. The highest BCUT2D eigenvalue weighted by molar-refractivity contribution is 6.76. The maximum absolute atomic E-state index is 6.77. The molecule has 7 heteroatoms. The van der Waals surface area contributed by atoms with Crippen molar-refractivity contribution in [3.63, 3.8) is 0 Å². The highest BCUT2D eigenvalue weighted by atomic mass is 28.5. The number of rotatable bonds is 18. The summed E-state index contributed by atoms with van der Waals surface area (Å²) >= 11 is 0. The minimum atomic E-state index is -3.02. The minimum Gasteiger partial charge on any atom is -0.374 e. The lowest BCUT2D eigenvalue weighted by molar-refractivity contribution is 0.0295. The second-order valence-electron chi connectivity index (χ2n) is 8.58. The Morgan fingerprint density at radius 1 is 0.571 bits per heavy atom. The molecule has 0 aromatic carbocycles. The topological polar surface area (TPSA) is 46.2 Å². The van der Waals surface area contributed by atoms with E-state index < -0.39 is 17.6 Å². The first-order chi connectivity index (χ1) is 13.2. The van der Waals surface area contributed by atoms with E-state index in [2.05, 4.69) is 48.5 Å². The van der Waals surface area contributed by atoms with E-state index in [9.17, 15) is 0 Å². The SMILES string of the molecule is CCCCO[Si](C)(OCCCC)O[Si](OCCCC)(OCCCC)C(C)(C)C. The fourth-order valence-electron chi connectivity index (χ4n) is 2.54. The molecule has 0 fully saturated rings. The standard InChI is InChI=1S/C21H48O5Si2/c1-9-13-17-22-27(8,23-18-14-10-2)26-28(21(5,6)7,24-19-15-11-3)25-20-16-12-4/h9-20H2,1-8H3. The molecule has 0 aliphatic heterocycles. The fraction of sp³-hybridized carbons (Fsp3) is 1.00. The molecular formula is C21H48O5Si2. The average molecular weight is 437 g/mol. The first-order valence-corrected chi connectivity index (χ1v) is 15.4. The van der Waals surface area contributed by atoms with Gasteiger partial charge in [-0.25, -0.2) is 0 Å². The van der Waals surface area contributed by atoms with Crippen LogP contribution in [0.15, 0.2) is 0 Å². The van der Waals surface area contributed by atoms with Crippen molar-refractivity contribution in [1.29, 1.82) is 0 Å². The summed E-state index contributed by atoms with van der Waals surface area (Å²) in [7, 11) is -5.89. The van der Waals surface area contributed by atoms with Gasteiger partial charge in [0.2, 0.25) is 0 Å². The second-order valence-corrected chi connectivity index (χ2v) is 14.9. The van der Waals surface area contributed by atoms with Crippen LogP contribution in [-0.4, -0.2) is 44.0 Å². The molecule has 0 bridgehead atoms. The van der Waals surface area contributed by atoms with Crippen molar-refractivity contribution in [3.8, 4) is 0 Å². The number of hydrogen-bond acceptors (Lipinski definition) is 5. The first kappa shape index (κ1) is 28.2. The molecule has 0 atom stereocenters. The van der Waals surface area contributed by atoms with Crippen molar-refractivity contribution in [2.24, 2.45) is 0 Å². The van der Waals surface area contributed by atoms with Gasteiger partial charge in [0.25, 0.3) is 0 Å². The molecule has 0 rings (SSSR count). The summed E-state index contributed by atoms with van der Waals surface area (Å²) in [6.45, 7) is 19.8. The Morgan fingerprint density at radius 2 is 0.893 bits per heavy atom. The molecular weight excluding hydrogens is 388 g/mol. The third-order valence-electron chi connectivity index (χ3n) is 4.54. The Morgan fingerprint density at radius 3 is 1.18 bits per heavy atom. The summed E-state index contributed by atoms with van der Waals surface area (Å²) in [5, 5.41) is -0.245. The predicted octanol–water partition coefficient (Wildman–Crippen LogP) is 6.58. The smallest absolute Gasteiger partial charge is 0.374 e. The van der Waals surface area contributed by atoms with Crippen LogP contribution < -0.4 is 0 Å². The fourth-order valence-corrected chi connectivity index (χ4v) is 9.55. The molecule has 0 saturated carbocycles. The highest BCUT2D eigenvalue weighted by Gasteiger charge is 2.58. The van der Waals surface area contributed by atoms with E-state index in [1.54, 1.807) is 0 Å². The molecule has 0 saturated heterocycles. The van der Waals surface area contributed by atoms with Crippen LogP contribution in [0.25, 0.3) is 0 Å². The van der Waals surface area contributed by atoms with Crippen LogP contribution in [-0.2, 0) is 21.8 Å². The molecule has 0 radical (unpaired) electrons. The average Bonchev–Trinajstić information content (AvgIpc) is 2.61. The van der Waals surface area contributed by atoms with Crippen molar-refractivity contribution in [2.75, 3.05) is 26.4 Å². The van der Waals surface area contributed by atoms with E-state index in [0.29, 0.717) is 26.4 Å². The zero-order valence-electron chi connectivity index (χ0n) is 20.0. The van der Waals surface area contributed by atoms with Crippen LogP contribution in [0.5, 0.6) is 0 Å². The molecule has 0 heterocycles. The Labute approximate surface area is 177 Å². The quantitative estimate of drug-likeness (QED) is 0.179. The van der Waals surface area contributed by atoms with Crippen LogP contribution in [0.2, 0.25) is 11.6 Å². The maximum Gasteiger partial charge on any atom is 0.499 e. The predicted molar refractivity (Wildman–Crippen MR) is 122 cm³/mol. The van der Waals surface area contributed by atoms with Crippen molar-refractivity contribution < 1.29 is 21.8 Å². The molecule has 5 nitrogen and oxygen atoms in total. The summed E-state index contributed by atoms with van der Waals surface area (Å²) < 4.78 is 32.2. The molecule has 28 heavy (non-hydrogen) atoms. The van der Waals surface area contributed by atoms with Gasteiger partial charge in [-0.1, -0.05) is 74.1 Å². The summed E-state index contributed by atoms with van der Waals surface area (Å²) in [5.74, 6) is 0. The Hall–Kier alpha value is 0.234. The lowest BCUT2D eigenvalue weighted by Crippen LogP contribution is -2.62. The van der Waals surface area contributed by atoms with Gasteiger partial charge in [0.15, 0.2) is 0 Å². The zero-order valence-corrected chi connectivity index (χ0v) is 22.0. The molecule has 0 unspecified atom stereocenters. The normalized spacial score (nSPS) is 13.3. The van der Waals surface area contributed by atoms with Gasteiger partial charge in [0.1, 0.15) is 0 Å². The van der Waals surface area contributed by atoms with Gasteiger partial charge in [0, 0.05) is 38.0 Å². The van der Waals surface area contributed by atoms with Crippen LogP contribution in [0.1, 0.15) is 99.8 Å². The molecule has 170 valence electrons. The lowest BCUT2D eigenvalue weighted by Gasteiger charge is -2.43. The third-order valence-corrected chi connectivity index (χ3v) is 11.6. The summed E-state index contributed by atoms with van der Waals surface area (Å²) in [4.78, 5) is 0. The summed E-state index contributed by atoms with van der Waals surface area (Å²) in [6.07, 6.45) is 8.33. The van der Waals surface area contributed by atoms with Gasteiger partial charge in [-0.15, -0.1) is 0 Å². The number of hydrogen-bond donors (Lipinski definition) is 0. The molecule has 0 aliphatic carbocycles. The van der Waals surface area contributed by atoms with Gasteiger partial charge in [0.05, 0.1) is 0 Å². The van der Waals surface area contributed by atoms with Gasteiger partial charge >= 0.3 is 17.6 Å². The van der Waals surface area contributed by atoms with Gasteiger partial charge in [-0.05, 0) is 25.7 Å². The molecule has 0 aromatic heterocycles. The van der Waals surface area contributed by atoms with Crippen molar-refractivity contribution in [1.82, 2.24) is 0 Å². The molecule has 0 aromatic rings. The van der Waals surface area contributed by atoms with E-state index in [-0.39, 0.29) is 5.04 Å². The van der Waals surface area contributed by atoms with E-state index in [0.717, 1.165) is 51.4 Å². The largest absolute Gasteiger partial charge is 0.499 e. The lowest BCUT2D eigenvalue weighted by atomic mass is 10.3. The Balaban J connectivity index is 5.58. The van der Waals surface area contributed by atoms with E-state index in [4.69, 9.17) is 21.8 Å². The van der Waals surface area contributed by atoms with Gasteiger partial charge < -0.3 is 21.8 Å². The van der Waals surface area contributed by atoms with Crippen LogP contribution in [0.4, 0.5) is 0 Å². The zero-order chi connectivity index (χ0) is 21.5. The van der Waals surface area contributed by atoms with Gasteiger partial charge in [-0.3, -0.25) is 0 Å². The Bertz CT molecular complexity index is 354. The highest BCUT2D eigenvalue weighted by Crippen LogP contribution is 2.41. The van der Waals surface area contributed by atoms with Crippen molar-refractivity contribution in [2.45, 2.75) is 111 Å². The molecule has 0 N–H and O–H groups in total. The van der Waals surface area contributed by atoms with Crippen molar-refractivity contribution in [3.05, 3.63) is 0 Å². The third kappa shape index (κ3) is 10.9. The second kappa shape index (κ2) is 15.1. The summed E-state index contributed by atoms with van der Waals surface area (Å²) in [5.41, 5.74) is 0. The van der Waals surface area contributed by atoms with Gasteiger partial charge in [-0.2, -0.15) is 0 Å². The first-order valence-electron chi connectivity index (χ1n) is 11.5. The van der Waals surface area contributed by atoms with Crippen LogP contribution in [0.3, 0.4) is 0 Å². The van der Waals surface area contributed by atoms with E-state index in [1.165, 1.54) is 0 Å². The molecule has 0 spiro atoms. The van der Waals surface area contributed by atoms with Crippen molar-refractivity contribution >= 4 is 17.6 Å².